The van der Waals surface area contributed by atoms with Crippen molar-refractivity contribution in [2.75, 3.05) is 6.61 Å². The molecule has 0 spiro atoms. The zero-order chi connectivity index (χ0) is 34.1. The molecule has 1 saturated heterocycles. The van der Waals surface area contributed by atoms with E-state index in [0.29, 0.717) is 33.0 Å². The number of hydrogen-bond donors (Lipinski definition) is 0. The molecule has 50 heavy (non-hydrogen) atoms. The van der Waals surface area contributed by atoms with Gasteiger partial charge in [-0.05, 0) is 35.2 Å². The molecule has 6 heteroatoms. The Morgan fingerprint density at radius 1 is 0.520 bits per heavy atom. The van der Waals surface area contributed by atoms with Gasteiger partial charge < -0.3 is 28.3 Å². The van der Waals surface area contributed by atoms with Crippen molar-refractivity contribution in [3.63, 3.8) is 0 Å². The lowest BCUT2D eigenvalue weighted by atomic mass is 9.89. The quantitative estimate of drug-likeness (QED) is 0.116. The molecule has 0 aliphatic carbocycles. The summed E-state index contributed by atoms with van der Waals surface area (Å²) in [6, 6.07) is 49.5. The van der Waals surface area contributed by atoms with Gasteiger partial charge in [-0.15, -0.1) is 0 Å². The van der Waals surface area contributed by atoms with Gasteiger partial charge in [0.15, 0.2) is 0 Å². The number of rotatable bonds is 14. The highest BCUT2D eigenvalue weighted by Crippen LogP contribution is 2.43. The topological polar surface area (TPSA) is 51.1 Å². The van der Waals surface area contributed by atoms with Crippen molar-refractivity contribution in [3.05, 3.63) is 179 Å². The third-order valence-corrected chi connectivity index (χ3v) is 9.62. The summed E-state index contributed by atoms with van der Waals surface area (Å²) in [7, 11) is 2.11. The van der Waals surface area contributed by atoms with Gasteiger partial charge >= 0.3 is 0 Å². The monoisotopic (exact) mass is 667 g/mol. The van der Waals surface area contributed by atoms with Gasteiger partial charge in [0.25, 0.3) is 0 Å². The molecule has 0 radical (unpaired) electrons. The van der Waals surface area contributed by atoms with E-state index in [1.807, 2.05) is 72.8 Å². The smallest absolute Gasteiger partial charge is 0.117 e. The van der Waals surface area contributed by atoms with Gasteiger partial charge in [-0.25, -0.2) is 0 Å². The van der Waals surface area contributed by atoms with E-state index in [4.69, 9.17) is 23.7 Å². The zero-order valence-electron chi connectivity index (χ0n) is 28.8. The second-order valence-electron chi connectivity index (χ2n) is 13.0. The average molecular weight is 668 g/mol. The van der Waals surface area contributed by atoms with E-state index in [0.717, 1.165) is 44.4 Å². The Bertz CT molecular complexity index is 1910. The molecule has 6 nitrogen and oxygen atoms in total. The molecule has 1 aromatic heterocycles. The predicted molar refractivity (Wildman–Crippen MR) is 196 cm³/mol. The number of hydrogen-bond acceptors (Lipinski definition) is 5. The summed E-state index contributed by atoms with van der Waals surface area (Å²) < 4.78 is 36.7. The molecule has 6 aromatic rings. The standard InChI is InChI=1S/C44H45NO5/c1-32-40(37-25-15-16-26-38(37)45(32)2)42-44(49-30-36-23-13-6-14-24-36)43(48-29-35-21-11-5-12-22-35)41(47-28-34-19-9-4-10-20-34)39(50-42)31-46-27-33-17-7-3-8-18-33/h3-26,39,41-44H,27-31H2,1-2H3/t39-,41-,42-,43+,44+/m1/s1. The van der Waals surface area contributed by atoms with Crippen LogP contribution in [0.5, 0.6) is 0 Å². The molecule has 1 aliphatic heterocycles. The number of aryl methyl sites for hydroxylation is 1. The van der Waals surface area contributed by atoms with Gasteiger partial charge in [0.1, 0.15) is 30.5 Å². The van der Waals surface area contributed by atoms with Gasteiger partial charge in [-0.1, -0.05) is 140 Å². The lowest BCUT2D eigenvalue weighted by Gasteiger charge is -2.46. The molecule has 0 bridgehead atoms. The summed E-state index contributed by atoms with van der Waals surface area (Å²) in [6.07, 6.45) is -2.35. The molecule has 5 atom stereocenters. The van der Waals surface area contributed by atoms with E-state index in [1.54, 1.807) is 0 Å². The van der Waals surface area contributed by atoms with Gasteiger partial charge in [0.05, 0.1) is 33.0 Å². The molecule has 2 heterocycles. The summed E-state index contributed by atoms with van der Waals surface area (Å²) in [5.41, 5.74) is 7.71. The lowest BCUT2D eigenvalue weighted by Crippen LogP contribution is -2.58. The Morgan fingerprint density at radius 2 is 0.960 bits per heavy atom. The second-order valence-corrected chi connectivity index (χ2v) is 13.0. The number of benzene rings is 5. The van der Waals surface area contributed by atoms with Gasteiger partial charge in [-0.3, -0.25) is 0 Å². The van der Waals surface area contributed by atoms with Gasteiger partial charge in [0.2, 0.25) is 0 Å². The Balaban J connectivity index is 1.29. The zero-order valence-corrected chi connectivity index (χ0v) is 28.8. The largest absolute Gasteiger partial charge is 0.374 e. The van der Waals surface area contributed by atoms with Crippen LogP contribution in [-0.2, 0) is 57.2 Å². The van der Waals surface area contributed by atoms with E-state index in [9.17, 15) is 0 Å². The first-order valence-electron chi connectivity index (χ1n) is 17.4. The molecular formula is C44H45NO5. The summed E-state index contributed by atoms with van der Waals surface area (Å²) in [6.45, 7) is 4.16. The Labute approximate surface area is 295 Å². The highest BCUT2D eigenvalue weighted by Gasteiger charge is 2.50. The first-order valence-corrected chi connectivity index (χ1v) is 17.4. The molecule has 1 fully saturated rings. The minimum Gasteiger partial charge on any atom is -0.374 e. The number of aromatic nitrogens is 1. The third-order valence-electron chi connectivity index (χ3n) is 9.62. The third kappa shape index (κ3) is 7.91. The maximum atomic E-state index is 7.23. The molecule has 5 aromatic carbocycles. The van der Waals surface area contributed by atoms with E-state index in [1.165, 1.54) is 0 Å². The Hall–Kier alpha value is -4.56. The number of para-hydroxylation sites is 1. The molecule has 0 saturated carbocycles. The van der Waals surface area contributed by atoms with Crippen LogP contribution in [0.4, 0.5) is 0 Å². The second kappa shape index (κ2) is 16.4. The fraction of sp³-hybridized carbons (Fsp3) is 0.273. The van der Waals surface area contributed by atoms with Crippen LogP contribution in [0.2, 0.25) is 0 Å². The summed E-state index contributed by atoms with van der Waals surface area (Å²) in [4.78, 5) is 0. The number of fused-ring (bicyclic) bond motifs is 1. The highest BCUT2D eigenvalue weighted by molar-refractivity contribution is 5.86. The van der Waals surface area contributed by atoms with Crippen LogP contribution in [0.3, 0.4) is 0 Å². The molecule has 7 rings (SSSR count). The highest BCUT2D eigenvalue weighted by atomic mass is 16.6. The van der Waals surface area contributed by atoms with Crippen LogP contribution in [0.1, 0.15) is 39.6 Å². The predicted octanol–water partition coefficient (Wildman–Crippen LogP) is 8.90. The summed E-state index contributed by atoms with van der Waals surface area (Å²) in [5.74, 6) is 0. The lowest BCUT2D eigenvalue weighted by molar-refractivity contribution is -0.275. The molecular weight excluding hydrogens is 622 g/mol. The van der Waals surface area contributed by atoms with Crippen LogP contribution in [-0.4, -0.2) is 35.6 Å². The summed E-state index contributed by atoms with van der Waals surface area (Å²) in [5, 5.41) is 1.14. The van der Waals surface area contributed by atoms with Crippen LogP contribution in [0, 0.1) is 6.92 Å². The van der Waals surface area contributed by atoms with Crippen LogP contribution < -0.4 is 0 Å². The van der Waals surface area contributed by atoms with Crippen molar-refractivity contribution < 1.29 is 23.7 Å². The van der Waals surface area contributed by atoms with Crippen molar-refractivity contribution in [3.8, 4) is 0 Å². The van der Waals surface area contributed by atoms with Crippen molar-refractivity contribution in [2.45, 2.75) is 63.9 Å². The van der Waals surface area contributed by atoms with Gasteiger partial charge in [0, 0.05) is 29.2 Å². The maximum absolute atomic E-state index is 7.23. The van der Waals surface area contributed by atoms with E-state index in [2.05, 4.69) is 91.3 Å². The van der Waals surface area contributed by atoms with Gasteiger partial charge in [-0.2, -0.15) is 0 Å². The molecule has 256 valence electrons. The normalized spacial score (nSPS) is 20.6. The van der Waals surface area contributed by atoms with E-state index >= 15 is 0 Å². The molecule has 0 unspecified atom stereocenters. The average Bonchev–Trinajstić information content (AvgIpc) is 3.42. The summed E-state index contributed by atoms with van der Waals surface area (Å²) >= 11 is 0. The van der Waals surface area contributed by atoms with Crippen molar-refractivity contribution in [1.82, 2.24) is 4.57 Å². The first kappa shape index (κ1) is 33.9. The molecule has 0 amide bonds. The van der Waals surface area contributed by atoms with Crippen LogP contribution in [0.15, 0.2) is 146 Å². The fourth-order valence-corrected chi connectivity index (χ4v) is 6.93. The first-order chi connectivity index (χ1) is 24.7. The Kier molecular flexibility index (Phi) is 11.1. The fourth-order valence-electron chi connectivity index (χ4n) is 6.93. The Morgan fingerprint density at radius 3 is 1.50 bits per heavy atom. The van der Waals surface area contributed by atoms with Crippen molar-refractivity contribution in [1.29, 1.82) is 0 Å². The molecule has 1 aliphatic rings. The number of nitrogens with zero attached hydrogens (tertiary/aromatic N) is 1. The van der Waals surface area contributed by atoms with Crippen LogP contribution >= 0.6 is 0 Å². The van der Waals surface area contributed by atoms with E-state index in [-0.39, 0.29) is 0 Å². The van der Waals surface area contributed by atoms with Crippen LogP contribution in [0.25, 0.3) is 10.9 Å². The molecule has 0 N–H and O–H groups in total. The minimum atomic E-state index is -0.491. The van der Waals surface area contributed by atoms with E-state index < -0.39 is 30.5 Å². The SMILES string of the molecule is Cc1c([C@H]2O[C@H](COCc3ccccc3)[C@@H](OCc3ccccc3)[C@H](OCc3ccccc3)[C@H]2OCc2ccccc2)c2ccccc2n1C. The number of ether oxygens (including phenoxy) is 5. The minimum absolute atomic E-state index is 0.325. The van der Waals surface area contributed by atoms with Crippen molar-refractivity contribution >= 4 is 10.9 Å². The maximum Gasteiger partial charge on any atom is 0.117 e. The van der Waals surface area contributed by atoms with Crippen molar-refractivity contribution in [2.24, 2.45) is 7.05 Å².